The van der Waals surface area contributed by atoms with Gasteiger partial charge in [-0.15, -0.1) is 10.2 Å². The van der Waals surface area contributed by atoms with Crippen LogP contribution in [0, 0.1) is 0 Å². The molecule has 0 radical (unpaired) electrons. The van der Waals surface area contributed by atoms with E-state index in [0.717, 1.165) is 22.9 Å². The van der Waals surface area contributed by atoms with Gasteiger partial charge in [0.05, 0.1) is 12.4 Å². The fourth-order valence-electron chi connectivity index (χ4n) is 2.33. The van der Waals surface area contributed by atoms with Crippen molar-refractivity contribution in [3.63, 3.8) is 0 Å². The minimum Gasteiger partial charge on any atom is -0.463 e. The number of carbonyl (C=O) groups excluding carboxylic acids is 2. The highest BCUT2D eigenvalue weighted by atomic mass is 35.5. The van der Waals surface area contributed by atoms with Crippen LogP contribution in [0.25, 0.3) is 17.5 Å². The molecule has 9 heteroatoms. The highest BCUT2D eigenvalue weighted by molar-refractivity contribution is 7.99. The number of thioether (sulfide) groups is 1. The minimum atomic E-state index is -0.396. The third-order valence-electron chi connectivity index (χ3n) is 3.72. The fourth-order valence-corrected chi connectivity index (χ4v) is 3.02. The highest BCUT2D eigenvalue weighted by Crippen LogP contribution is 2.24. The number of esters is 1. The normalized spacial score (nSPS) is 10.9. The molecule has 0 spiro atoms. The molecule has 0 fully saturated rings. The van der Waals surface area contributed by atoms with Crippen molar-refractivity contribution in [2.24, 2.45) is 0 Å². The van der Waals surface area contributed by atoms with Gasteiger partial charge in [-0.1, -0.05) is 35.5 Å². The van der Waals surface area contributed by atoms with Gasteiger partial charge in [0.1, 0.15) is 0 Å². The van der Waals surface area contributed by atoms with Crippen molar-refractivity contribution in [1.82, 2.24) is 10.2 Å². The second-order valence-corrected chi connectivity index (χ2v) is 7.29. The molecule has 2 aromatic carbocycles. The highest BCUT2D eigenvalue weighted by Gasteiger charge is 2.11. The second kappa shape index (κ2) is 10.6. The standard InChI is InChI=1S/C21H18ClN3O4S/c1-2-28-19(27)12-5-14-3-10-17(11-4-14)23-18(26)13-30-21-25-24-20(29-21)15-6-8-16(22)9-7-15/h3-12H,2,13H2,1H3,(H,23,26)/b12-5+. The molecule has 3 rings (SSSR count). The number of aromatic nitrogens is 2. The van der Waals surface area contributed by atoms with Crippen molar-refractivity contribution in [1.29, 1.82) is 0 Å². The average Bonchev–Trinajstić information content (AvgIpc) is 3.22. The van der Waals surface area contributed by atoms with Crippen molar-refractivity contribution in [2.75, 3.05) is 17.7 Å². The summed E-state index contributed by atoms with van der Waals surface area (Å²) in [6, 6.07) is 14.1. The molecule has 30 heavy (non-hydrogen) atoms. The van der Waals surface area contributed by atoms with Crippen LogP contribution < -0.4 is 5.32 Å². The van der Waals surface area contributed by atoms with Crippen LogP contribution in [-0.4, -0.2) is 34.4 Å². The summed E-state index contributed by atoms with van der Waals surface area (Å²) >= 11 is 7.01. The van der Waals surface area contributed by atoms with Crippen LogP contribution in [0.3, 0.4) is 0 Å². The molecular formula is C21H18ClN3O4S. The molecule has 0 aliphatic rings. The van der Waals surface area contributed by atoms with Gasteiger partial charge in [-0.3, -0.25) is 4.79 Å². The Morgan fingerprint density at radius 3 is 2.57 bits per heavy atom. The Morgan fingerprint density at radius 2 is 1.87 bits per heavy atom. The van der Waals surface area contributed by atoms with Gasteiger partial charge in [-0.25, -0.2) is 4.79 Å². The van der Waals surface area contributed by atoms with Crippen LogP contribution in [0.4, 0.5) is 5.69 Å². The van der Waals surface area contributed by atoms with Crippen LogP contribution in [0.2, 0.25) is 5.02 Å². The average molecular weight is 444 g/mol. The number of nitrogens with zero attached hydrogens (tertiary/aromatic N) is 2. The maximum absolute atomic E-state index is 12.2. The molecule has 1 heterocycles. The number of rotatable bonds is 8. The molecule has 3 aromatic rings. The number of benzene rings is 2. The van der Waals surface area contributed by atoms with Crippen molar-refractivity contribution in [3.8, 4) is 11.5 Å². The number of hydrogen-bond donors (Lipinski definition) is 1. The van der Waals surface area contributed by atoms with Crippen LogP contribution in [0.5, 0.6) is 0 Å². The quantitative estimate of drug-likeness (QED) is 0.306. The van der Waals surface area contributed by atoms with Gasteiger partial charge < -0.3 is 14.5 Å². The molecule has 1 amide bonds. The van der Waals surface area contributed by atoms with E-state index < -0.39 is 5.97 Å². The summed E-state index contributed by atoms with van der Waals surface area (Å²) < 4.78 is 10.4. The maximum Gasteiger partial charge on any atom is 0.330 e. The minimum absolute atomic E-state index is 0.118. The molecule has 1 aromatic heterocycles. The van der Waals surface area contributed by atoms with Crippen molar-refractivity contribution in [3.05, 3.63) is 65.2 Å². The van der Waals surface area contributed by atoms with E-state index in [0.29, 0.717) is 28.4 Å². The SMILES string of the molecule is CCOC(=O)/C=C/c1ccc(NC(=O)CSc2nnc(-c3ccc(Cl)cc3)o2)cc1. The molecule has 7 nitrogen and oxygen atoms in total. The van der Waals surface area contributed by atoms with E-state index in [1.807, 2.05) is 0 Å². The maximum atomic E-state index is 12.2. The van der Waals surface area contributed by atoms with E-state index in [4.69, 9.17) is 20.8 Å². The zero-order chi connectivity index (χ0) is 21.3. The molecule has 1 N–H and O–H groups in total. The number of nitrogens with one attached hydrogen (secondary N) is 1. The number of carbonyl (C=O) groups is 2. The number of ether oxygens (including phenoxy) is 1. The molecular weight excluding hydrogens is 426 g/mol. The van der Waals surface area contributed by atoms with Gasteiger partial charge in [0, 0.05) is 22.3 Å². The lowest BCUT2D eigenvalue weighted by Crippen LogP contribution is -2.13. The van der Waals surface area contributed by atoms with Crippen molar-refractivity contribution < 1.29 is 18.7 Å². The Bertz CT molecular complexity index is 1030. The van der Waals surface area contributed by atoms with E-state index in [2.05, 4.69) is 15.5 Å². The first-order valence-electron chi connectivity index (χ1n) is 9.00. The number of amides is 1. The molecule has 0 saturated carbocycles. The Balaban J connectivity index is 1.49. The molecule has 0 aliphatic heterocycles. The lowest BCUT2D eigenvalue weighted by Gasteiger charge is -2.04. The molecule has 0 atom stereocenters. The van der Waals surface area contributed by atoms with Crippen LogP contribution in [-0.2, 0) is 14.3 Å². The third kappa shape index (κ3) is 6.47. The van der Waals surface area contributed by atoms with Gasteiger partial charge >= 0.3 is 5.97 Å². The van der Waals surface area contributed by atoms with E-state index >= 15 is 0 Å². The molecule has 0 unspecified atom stereocenters. The first-order valence-corrected chi connectivity index (χ1v) is 10.4. The molecule has 0 bridgehead atoms. The van der Waals surface area contributed by atoms with Crippen LogP contribution >= 0.6 is 23.4 Å². The van der Waals surface area contributed by atoms with E-state index in [1.54, 1.807) is 61.5 Å². The van der Waals surface area contributed by atoms with Gasteiger partial charge in [-0.2, -0.15) is 0 Å². The van der Waals surface area contributed by atoms with Crippen molar-refractivity contribution in [2.45, 2.75) is 12.1 Å². The zero-order valence-electron chi connectivity index (χ0n) is 16.0. The van der Waals surface area contributed by atoms with Gasteiger partial charge in [0.25, 0.3) is 5.22 Å². The van der Waals surface area contributed by atoms with Crippen LogP contribution in [0.1, 0.15) is 12.5 Å². The molecule has 0 aliphatic carbocycles. The Kier molecular flexibility index (Phi) is 7.64. The summed E-state index contributed by atoms with van der Waals surface area (Å²) in [4.78, 5) is 23.5. The topological polar surface area (TPSA) is 94.3 Å². The van der Waals surface area contributed by atoms with E-state index in [9.17, 15) is 9.59 Å². The fraction of sp³-hybridized carbons (Fsp3) is 0.143. The predicted octanol–water partition coefficient (Wildman–Crippen LogP) is 4.70. The lowest BCUT2D eigenvalue weighted by molar-refractivity contribution is -0.137. The third-order valence-corrected chi connectivity index (χ3v) is 4.79. The number of hydrogen-bond acceptors (Lipinski definition) is 7. The van der Waals surface area contributed by atoms with Gasteiger partial charge in [0.2, 0.25) is 11.8 Å². The largest absolute Gasteiger partial charge is 0.463 e. The number of halogens is 1. The Morgan fingerprint density at radius 1 is 1.13 bits per heavy atom. The Hall–Kier alpha value is -3.10. The van der Waals surface area contributed by atoms with E-state index in [1.165, 1.54) is 6.08 Å². The monoisotopic (exact) mass is 443 g/mol. The zero-order valence-corrected chi connectivity index (χ0v) is 17.6. The van der Waals surface area contributed by atoms with E-state index in [-0.39, 0.29) is 11.7 Å². The van der Waals surface area contributed by atoms with Gasteiger partial charge in [-0.05, 0) is 55.0 Å². The predicted molar refractivity (Wildman–Crippen MR) is 116 cm³/mol. The summed E-state index contributed by atoms with van der Waals surface area (Å²) in [5.74, 6) is -0.124. The second-order valence-electron chi connectivity index (χ2n) is 5.92. The first-order chi connectivity index (χ1) is 14.5. The summed E-state index contributed by atoms with van der Waals surface area (Å²) in [5.41, 5.74) is 2.21. The first kappa shape index (κ1) is 21.6. The summed E-state index contributed by atoms with van der Waals surface area (Å²) in [6.45, 7) is 2.08. The summed E-state index contributed by atoms with van der Waals surface area (Å²) in [6.07, 6.45) is 3.00. The Labute approximate surface area is 182 Å². The number of anilines is 1. The van der Waals surface area contributed by atoms with Crippen molar-refractivity contribution >= 4 is 47.0 Å². The molecule has 154 valence electrons. The summed E-state index contributed by atoms with van der Waals surface area (Å²) in [7, 11) is 0. The van der Waals surface area contributed by atoms with Gasteiger partial charge in [0.15, 0.2) is 0 Å². The molecule has 0 saturated heterocycles. The smallest absolute Gasteiger partial charge is 0.330 e. The summed E-state index contributed by atoms with van der Waals surface area (Å²) in [5, 5.41) is 11.6. The van der Waals surface area contributed by atoms with Crippen LogP contribution in [0.15, 0.2) is 64.2 Å². The lowest BCUT2D eigenvalue weighted by atomic mass is 10.2.